The molecule has 2 aliphatic carbocycles. The quantitative estimate of drug-likeness (QED) is 0.522. The molecule has 5 atom stereocenters. The minimum Gasteiger partial charge on any atom is -0.297 e. The summed E-state index contributed by atoms with van der Waals surface area (Å²) < 4.78 is 22.8. The van der Waals surface area contributed by atoms with Crippen molar-refractivity contribution in [1.29, 1.82) is 0 Å². The lowest BCUT2D eigenvalue weighted by molar-refractivity contribution is -0.148. The Balaban J connectivity index is 1.56. The monoisotopic (exact) mass is 430 g/mol. The van der Waals surface area contributed by atoms with E-state index in [0.717, 1.165) is 6.42 Å². The molecule has 1 saturated heterocycles. The van der Waals surface area contributed by atoms with Crippen molar-refractivity contribution in [1.82, 2.24) is 4.90 Å². The Morgan fingerprint density at radius 3 is 2.07 bits per heavy atom. The van der Waals surface area contributed by atoms with Gasteiger partial charge in [0.25, 0.3) is 0 Å². The standard InChI is InChI=1S/C22H26N2O5S/c1-12(2)9-17(18(25)10-13-3-7-16(8-4-13)30(23,28)29)24-21(26)19-14-5-6-15(11-14)20(19)22(24)27/h3-8,12,14-15,17,19-20H,9-11H2,1-2H3,(H2,23,28,29)/t14-,15-,17-,19-,20+/m0/s1. The molecular formula is C22H26N2O5S. The van der Waals surface area contributed by atoms with Crippen LogP contribution in [0.15, 0.2) is 41.3 Å². The van der Waals surface area contributed by atoms with Crippen molar-refractivity contribution in [3.63, 3.8) is 0 Å². The topological polar surface area (TPSA) is 115 Å². The lowest BCUT2D eigenvalue weighted by Crippen LogP contribution is -2.47. The van der Waals surface area contributed by atoms with Gasteiger partial charge in [-0.25, -0.2) is 13.6 Å². The van der Waals surface area contributed by atoms with Crippen molar-refractivity contribution in [3.8, 4) is 0 Å². The summed E-state index contributed by atoms with van der Waals surface area (Å²) in [6.07, 6.45) is 5.34. The molecule has 0 radical (unpaired) electrons. The Morgan fingerprint density at radius 1 is 1.07 bits per heavy atom. The minimum absolute atomic E-state index is 0.0137. The van der Waals surface area contributed by atoms with Crippen LogP contribution in [0.25, 0.3) is 0 Å². The van der Waals surface area contributed by atoms with E-state index >= 15 is 0 Å². The number of allylic oxidation sites excluding steroid dienone is 2. The number of benzene rings is 1. The van der Waals surface area contributed by atoms with Crippen LogP contribution >= 0.6 is 0 Å². The lowest BCUT2D eigenvalue weighted by Gasteiger charge is -2.28. The summed E-state index contributed by atoms with van der Waals surface area (Å²) in [4.78, 5) is 40.7. The highest BCUT2D eigenvalue weighted by Crippen LogP contribution is 2.53. The summed E-state index contributed by atoms with van der Waals surface area (Å²) in [5.74, 6) is -0.985. The molecule has 1 saturated carbocycles. The predicted molar refractivity (Wildman–Crippen MR) is 109 cm³/mol. The molecule has 0 spiro atoms. The molecule has 2 N–H and O–H groups in total. The van der Waals surface area contributed by atoms with Crippen molar-refractivity contribution in [3.05, 3.63) is 42.0 Å². The fourth-order valence-corrected chi connectivity index (χ4v) is 5.69. The summed E-state index contributed by atoms with van der Waals surface area (Å²) in [6, 6.07) is 4.99. The van der Waals surface area contributed by atoms with Crippen LogP contribution in [0.3, 0.4) is 0 Å². The molecule has 1 heterocycles. The number of nitrogens with two attached hydrogens (primary N) is 1. The lowest BCUT2D eigenvalue weighted by atomic mass is 9.85. The number of sulfonamides is 1. The molecule has 2 amide bonds. The number of Topliss-reactive ketones (excluding diaryl/α,β-unsaturated/α-hetero) is 1. The number of primary sulfonamides is 1. The summed E-state index contributed by atoms with van der Waals surface area (Å²) in [6.45, 7) is 3.91. The molecule has 160 valence electrons. The van der Waals surface area contributed by atoms with Crippen molar-refractivity contribution in [2.24, 2.45) is 34.7 Å². The van der Waals surface area contributed by atoms with E-state index in [2.05, 4.69) is 0 Å². The van der Waals surface area contributed by atoms with E-state index in [1.807, 2.05) is 26.0 Å². The van der Waals surface area contributed by atoms with Crippen LogP contribution in [0.1, 0.15) is 32.3 Å². The first kappa shape index (κ1) is 20.9. The van der Waals surface area contributed by atoms with Gasteiger partial charge >= 0.3 is 0 Å². The highest BCUT2D eigenvalue weighted by Gasteiger charge is 2.60. The van der Waals surface area contributed by atoms with Gasteiger partial charge in [-0.2, -0.15) is 0 Å². The van der Waals surface area contributed by atoms with E-state index in [-0.39, 0.29) is 58.5 Å². The molecule has 4 rings (SSSR count). The number of carbonyl (C=O) groups is 3. The fourth-order valence-electron chi connectivity index (χ4n) is 5.18. The molecule has 2 fully saturated rings. The number of nitrogens with zero attached hydrogens (tertiary/aromatic N) is 1. The molecule has 8 heteroatoms. The number of imide groups is 1. The summed E-state index contributed by atoms with van der Waals surface area (Å²) in [5.41, 5.74) is 0.613. The zero-order valence-electron chi connectivity index (χ0n) is 17.0. The third-order valence-electron chi connectivity index (χ3n) is 6.51. The average Bonchev–Trinajstić information content (AvgIpc) is 3.33. The predicted octanol–water partition coefficient (Wildman–Crippen LogP) is 1.67. The van der Waals surface area contributed by atoms with E-state index in [9.17, 15) is 22.8 Å². The van der Waals surface area contributed by atoms with Crippen molar-refractivity contribution in [2.45, 2.75) is 44.0 Å². The Labute approximate surface area is 176 Å². The smallest absolute Gasteiger partial charge is 0.238 e. The van der Waals surface area contributed by atoms with E-state index in [4.69, 9.17) is 5.14 Å². The normalized spacial score (nSPS) is 28.5. The molecule has 0 aromatic heterocycles. The van der Waals surface area contributed by atoms with Crippen molar-refractivity contribution >= 4 is 27.6 Å². The molecule has 30 heavy (non-hydrogen) atoms. The second-order valence-corrected chi connectivity index (χ2v) is 10.6. The molecule has 7 nitrogen and oxygen atoms in total. The number of hydrogen-bond acceptors (Lipinski definition) is 5. The second kappa shape index (κ2) is 7.42. The third-order valence-corrected chi connectivity index (χ3v) is 7.44. The van der Waals surface area contributed by atoms with Crippen LogP contribution in [0.4, 0.5) is 0 Å². The van der Waals surface area contributed by atoms with Crippen LogP contribution in [0.2, 0.25) is 0 Å². The van der Waals surface area contributed by atoms with Gasteiger partial charge in [-0.3, -0.25) is 19.3 Å². The van der Waals surface area contributed by atoms with Crippen LogP contribution in [0.5, 0.6) is 0 Å². The zero-order chi connectivity index (χ0) is 21.8. The number of hydrogen-bond donors (Lipinski definition) is 1. The Bertz CT molecular complexity index is 998. The minimum atomic E-state index is -3.81. The van der Waals surface area contributed by atoms with Gasteiger partial charge in [0.1, 0.15) is 0 Å². The largest absolute Gasteiger partial charge is 0.297 e. The van der Waals surface area contributed by atoms with Gasteiger partial charge in [-0.05, 0) is 48.3 Å². The first-order chi connectivity index (χ1) is 14.1. The molecule has 1 aromatic rings. The maximum absolute atomic E-state index is 13.2. The van der Waals surface area contributed by atoms with E-state index < -0.39 is 16.1 Å². The summed E-state index contributed by atoms with van der Waals surface area (Å²) in [5, 5.41) is 5.12. The zero-order valence-corrected chi connectivity index (χ0v) is 17.8. The SMILES string of the molecule is CC(C)C[C@@H](C(=O)Cc1ccc(S(N)(=O)=O)cc1)N1C(=O)[C@@H]2[C@H](C1=O)[C@H]1C=C[C@H]2C1. The molecule has 1 aromatic carbocycles. The van der Waals surface area contributed by atoms with Crippen LogP contribution in [0, 0.1) is 29.6 Å². The van der Waals surface area contributed by atoms with Gasteiger partial charge in [0, 0.05) is 6.42 Å². The van der Waals surface area contributed by atoms with E-state index in [1.165, 1.54) is 29.2 Å². The Kier molecular flexibility index (Phi) is 5.18. The van der Waals surface area contributed by atoms with Crippen LogP contribution in [-0.4, -0.2) is 37.0 Å². The number of amides is 2. The van der Waals surface area contributed by atoms with Crippen molar-refractivity contribution in [2.75, 3.05) is 0 Å². The fraction of sp³-hybridized carbons (Fsp3) is 0.500. The maximum Gasteiger partial charge on any atom is 0.238 e. The van der Waals surface area contributed by atoms with Crippen LogP contribution < -0.4 is 5.14 Å². The van der Waals surface area contributed by atoms with Gasteiger partial charge in [0.15, 0.2) is 5.78 Å². The number of ketones is 1. The number of likely N-dealkylation sites (tertiary alicyclic amines) is 1. The number of carbonyl (C=O) groups excluding carboxylic acids is 3. The Hall–Kier alpha value is -2.32. The van der Waals surface area contributed by atoms with Gasteiger partial charge in [-0.15, -0.1) is 0 Å². The van der Waals surface area contributed by atoms with E-state index in [1.54, 1.807) is 0 Å². The molecule has 1 aliphatic heterocycles. The van der Waals surface area contributed by atoms with Crippen molar-refractivity contribution < 1.29 is 22.8 Å². The highest BCUT2D eigenvalue weighted by atomic mass is 32.2. The third kappa shape index (κ3) is 3.52. The summed E-state index contributed by atoms with van der Waals surface area (Å²) >= 11 is 0. The number of fused-ring (bicyclic) bond motifs is 5. The summed E-state index contributed by atoms with van der Waals surface area (Å²) in [7, 11) is -3.81. The van der Waals surface area contributed by atoms with Gasteiger partial charge < -0.3 is 0 Å². The molecule has 2 bridgehead atoms. The van der Waals surface area contributed by atoms with E-state index in [0.29, 0.717) is 12.0 Å². The second-order valence-electron chi connectivity index (χ2n) is 9.02. The maximum atomic E-state index is 13.2. The highest BCUT2D eigenvalue weighted by molar-refractivity contribution is 7.89. The Morgan fingerprint density at radius 2 is 1.60 bits per heavy atom. The van der Waals surface area contributed by atoms with Crippen LogP contribution in [-0.2, 0) is 30.8 Å². The number of rotatable bonds is 7. The molecule has 3 aliphatic rings. The first-order valence-electron chi connectivity index (χ1n) is 10.3. The van der Waals surface area contributed by atoms with Gasteiger partial charge in [0.05, 0.1) is 22.8 Å². The van der Waals surface area contributed by atoms with Gasteiger partial charge in [0.2, 0.25) is 21.8 Å². The average molecular weight is 431 g/mol. The first-order valence-corrected chi connectivity index (χ1v) is 11.8. The molecule has 0 unspecified atom stereocenters. The van der Waals surface area contributed by atoms with Gasteiger partial charge in [-0.1, -0.05) is 38.1 Å². The molecular weight excluding hydrogens is 404 g/mol.